The second-order valence-corrected chi connectivity index (χ2v) is 4.97. The molecule has 0 unspecified atom stereocenters. The maximum Gasteiger partial charge on any atom is 0.191 e. The maximum atomic E-state index is 5.70. The molecule has 0 atom stereocenters. The van der Waals surface area contributed by atoms with Crippen molar-refractivity contribution in [1.29, 1.82) is 0 Å². The molecule has 0 aliphatic rings. The summed E-state index contributed by atoms with van der Waals surface area (Å²) in [7, 11) is 1.64. The van der Waals surface area contributed by atoms with Crippen LogP contribution in [-0.4, -0.2) is 37.7 Å². The molecule has 0 saturated heterocycles. The molecular formula is C18H24N4O2. The van der Waals surface area contributed by atoms with Gasteiger partial charge in [0.25, 0.3) is 0 Å². The minimum atomic E-state index is 0.529. The number of hydrogen-bond donors (Lipinski definition) is 2. The van der Waals surface area contributed by atoms with Crippen LogP contribution in [0.25, 0.3) is 0 Å². The summed E-state index contributed by atoms with van der Waals surface area (Å²) < 4.78 is 10.9. The van der Waals surface area contributed by atoms with E-state index in [2.05, 4.69) is 20.6 Å². The second-order valence-electron chi connectivity index (χ2n) is 4.97. The molecule has 2 aromatic rings. The normalized spacial score (nSPS) is 11.0. The van der Waals surface area contributed by atoms with Crippen LogP contribution in [-0.2, 0) is 6.54 Å². The first-order valence-corrected chi connectivity index (χ1v) is 8.00. The predicted octanol–water partition coefficient (Wildman–Crippen LogP) is 2.22. The first-order valence-electron chi connectivity index (χ1n) is 8.00. The molecule has 0 aliphatic carbocycles. The van der Waals surface area contributed by atoms with Crippen LogP contribution in [0, 0.1) is 0 Å². The third kappa shape index (κ3) is 6.16. The highest BCUT2D eigenvalue weighted by Crippen LogP contribution is 2.18. The molecule has 0 spiro atoms. The third-order valence-electron chi connectivity index (χ3n) is 3.17. The van der Waals surface area contributed by atoms with Crippen LogP contribution in [0.1, 0.15) is 12.6 Å². The van der Waals surface area contributed by atoms with E-state index in [1.807, 2.05) is 49.4 Å². The predicted molar refractivity (Wildman–Crippen MR) is 95.5 cm³/mol. The Morgan fingerprint density at radius 1 is 1.12 bits per heavy atom. The molecule has 0 fully saturated rings. The molecule has 0 radical (unpaired) electrons. The lowest BCUT2D eigenvalue weighted by Crippen LogP contribution is -2.39. The molecule has 2 N–H and O–H groups in total. The summed E-state index contributed by atoms with van der Waals surface area (Å²) >= 11 is 0. The van der Waals surface area contributed by atoms with Gasteiger partial charge in [0, 0.05) is 18.8 Å². The number of aliphatic imine (C=N–C) groups is 1. The van der Waals surface area contributed by atoms with E-state index in [1.165, 1.54) is 0 Å². The Labute approximate surface area is 142 Å². The standard InChI is InChI=1S/C18H24N4O2/c1-3-19-18(22-14-15-7-4-5-10-20-15)21-11-12-24-17-9-6-8-16(13-17)23-2/h4-10,13H,3,11-12,14H2,1-2H3,(H2,19,21,22). The molecule has 6 nitrogen and oxygen atoms in total. The number of methoxy groups -OCH3 is 1. The third-order valence-corrected chi connectivity index (χ3v) is 3.17. The van der Waals surface area contributed by atoms with Crippen molar-refractivity contribution in [1.82, 2.24) is 15.6 Å². The fraction of sp³-hybridized carbons (Fsp3) is 0.333. The molecule has 128 valence electrons. The van der Waals surface area contributed by atoms with Crippen LogP contribution >= 0.6 is 0 Å². The van der Waals surface area contributed by atoms with Gasteiger partial charge in [0.05, 0.1) is 25.9 Å². The number of nitrogens with one attached hydrogen (secondary N) is 2. The summed E-state index contributed by atoms with van der Waals surface area (Å²) in [4.78, 5) is 8.78. The van der Waals surface area contributed by atoms with Gasteiger partial charge in [0.1, 0.15) is 18.1 Å². The first-order chi connectivity index (χ1) is 11.8. The van der Waals surface area contributed by atoms with Crippen molar-refractivity contribution in [3.63, 3.8) is 0 Å². The van der Waals surface area contributed by atoms with Gasteiger partial charge in [-0.15, -0.1) is 0 Å². The highest BCUT2D eigenvalue weighted by molar-refractivity contribution is 5.79. The largest absolute Gasteiger partial charge is 0.497 e. The summed E-state index contributed by atoms with van der Waals surface area (Å²) in [5.74, 6) is 2.31. The lowest BCUT2D eigenvalue weighted by Gasteiger charge is -2.12. The van der Waals surface area contributed by atoms with Crippen LogP contribution in [0.5, 0.6) is 11.5 Å². The van der Waals surface area contributed by atoms with Crippen molar-refractivity contribution in [2.45, 2.75) is 13.5 Å². The van der Waals surface area contributed by atoms with Gasteiger partial charge in [-0.25, -0.2) is 4.99 Å². The highest BCUT2D eigenvalue weighted by atomic mass is 16.5. The van der Waals surface area contributed by atoms with E-state index in [1.54, 1.807) is 13.3 Å². The van der Waals surface area contributed by atoms with Crippen molar-refractivity contribution < 1.29 is 9.47 Å². The van der Waals surface area contributed by atoms with Gasteiger partial charge in [0.2, 0.25) is 0 Å². The molecule has 2 rings (SSSR count). The Morgan fingerprint density at radius 2 is 2.00 bits per heavy atom. The smallest absolute Gasteiger partial charge is 0.191 e. The molecule has 0 aliphatic heterocycles. The van der Waals surface area contributed by atoms with Crippen LogP contribution in [0.15, 0.2) is 53.7 Å². The number of nitrogens with zero attached hydrogens (tertiary/aromatic N) is 2. The molecule has 1 heterocycles. The zero-order valence-electron chi connectivity index (χ0n) is 14.2. The minimum absolute atomic E-state index is 0.529. The number of guanidine groups is 1. The summed E-state index contributed by atoms with van der Waals surface area (Å²) in [5.41, 5.74) is 0.933. The van der Waals surface area contributed by atoms with E-state index >= 15 is 0 Å². The summed E-state index contributed by atoms with van der Waals surface area (Å²) in [6, 6.07) is 13.4. The lowest BCUT2D eigenvalue weighted by atomic mass is 10.3. The van der Waals surface area contributed by atoms with E-state index in [9.17, 15) is 0 Å². The number of pyridine rings is 1. The number of rotatable bonds is 8. The van der Waals surface area contributed by atoms with Crippen LogP contribution < -0.4 is 20.1 Å². The van der Waals surface area contributed by atoms with Crippen LogP contribution in [0.2, 0.25) is 0 Å². The topological polar surface area (TPSA) is 67.8 Å². The van der Waals surface area contributed by atoms with Crippen molar-refractivity contribution in [2.75, 3.05) is 26.8 Å². The molecule has 1 aromatic heterocycles. The van der Waals surface area contributed by atoms with E-state index in [0.717, 1.165) is 29.7 Å². The summed E-state index contributed by atoms with van der Waals surface area (Å²) in [5, 5.41) is 6.45. The molecule has 6 heteroatoms. The number of benzene rings is 1. The van der Waals surface area contributed by atoms with E-state index < -0.39 is 0 Å². The number of ether oxygens (including phenoxy) is 2. The molecule has 0 saturated carbocycles. The average molecular weight is 328 g/mol. The van der Waals surface area contributed by atoms with Crippen LogP contribution in [0.4, 0.5) is 0 Å². The fourth-order valence-corrected chi connectivity index (χ4v) is 2.02. The minimum Gasteiger partial charge on any atom is -0.497 e. The lowest BCUT2D eigenvalue weighted by molar-refractivity contribution is 0.319. The summed E-state index contributed by atoms with van der Waals surface area (Å²) in [6.45, 7) is 4.54. The molecular weight excluding hydrogens is 304 g/mol. The van der Waals surface area contributed by atoms with Gasteiger partial charge >= 0.3 is 0 Å². The Balaban J connectivity index is 1.78. The summed E-state index contributed by atoms with van der Waals surface area (Å²) in [6.07, 6.45) is 1.77. The Hall–Kier alpha value is -2.76. The Morgan fingerprint density at radius 3 is 2.75 bits per heavy atom. The zero-order valence-corrected chi connectivity index (χ0v) is 14.2. The van der Waals surface area contributed by atoms with Gasteiger partial charge in [-0.1, -0.05) is 12.1 Å². The monoisotopic (exact) mass is 328 g/mol. The zero-order chi connectivity index (χ0) is 17.0. The van der Waals surface area contributed by atoms with Gasteiger partial charge in [-0.3, -0.25) is 4.98 Å². The van der Waals surface area contributed by atoms with Crippen molar-refractivity contribution >= 4 is 5.96 Å². The number of hydrogen-bond acceptors (Lipinski definition) is 4. The highest BCUT2D eigenvalue weighted by Gasteiger charge is 1.99. The molecule has 0 bridgehead atoms. The molecule has 24 heavy (non-hydrogen) atoms. The van der Waals surface area contributed by atoms with Gasteiger partial charge < -0.3 is 20.1 Å². The van der Waals surface area contributed by atoms with Crippen molar-refractivity contribution in [3.8, 4) is 11.5 Å². The van der Waals surface area contributed by atoms with Crippen LogP contribution in [0.3, 0.4) is 0 Å². The van der Waals surface area contributed by atoms with E-state index in [0.29, 0.717) is 19.7 Å². The first kappa shape index (κ1) is 17.6. The number of aromatic nitrogens is 1. The van der Waals surface area contributed by atoms with Gasteiger partial charge in [0.15, 0.2) is 5.96 Å². The quantitative estimate of drug-likeness (QED) is 0.442. The molecule has 0 amide bonds. The average Bonchev–Trinajstić information content (AvgIpc) is 2.64. The Bertz CT molecular complexity index is 632. The van der Waals surface area contributed by atoms with Gasteiger partial charge in [-0.2, -0.15) is 0 Å². The Kier molecular flexibility index (Phi) is 7.40. The second kappa shape index (κ2) is 10.1. The SMILES string of the molecule is CCNC(=NCc1ccccn1)NCCOc1cccc(OC)c1. The maximum absolute atomic E-state index is 5.70. The van der Waals surface area contributed by atoms with E-state index in [-0.39, 0.29) is 0 Å². The molecule has 1 aromatic carbocycles. The van der Waals surface area contributed by atoms with E-state index in [4.69, 9.17) is 9.47 Å². The van der Waals surface area contributed by atoms with Gasteiger partial charge in [-0.05, 0) is 31.2 Å². The fourth-order valence-electron chi connectivity index (χ4n) is 2.02. The van der Waals surface area contributed by atoms with Crippen molar-refractivity contribution in [2.24, 2.45) is 4.99 Å². The van der Waals surface area contributed by atoms with Crippen molar-refractivity contribution in [3.05, 3.63) is 54.4 Å².